The number of hydrogen-bond donors (Lipinski definition) is 2. The summed E-state index contributed by atoms with van der Waals surface area (Å²) in [6.45, 7) is 8.96. The molecule has 0 spiro atoms. The maximum atomic E-state index is 13.1. The van der Waals surface area contributed by atoms with Gasteiger partial charge in [0, 0.05) is 24.4 Å². The number of benzene rings is 1. The first-order valence-electron chi connectivity index (χ1n) is 10.5. The first-order valence-corrected chi connectivity index (χ1v) is 10.5. The Morgan fingerprint density at radius 1 is 1.39 bits per heavy atom. The normalized spacial score (nSPS) is 17.3. The van der Waals surface area contributed by atoms with Gasteiger partial charge in [-0.3, -0.25) is 4.79 Å². The van der Waals surface area contributed by atoms with E-state index in [0.29, 0.717) is 23.3 Å². The Hall–Kier alpha value is -3.16. The average Bonchev–Trinajstić information content (AvgIpc) is 3.17. The molecule has 3 rings (SSSR count). The number of carbonyl (C=O) groups is 1. The molecule has 1 aliphatic rings. The quantitative estimate of drug-likeness (QED) is 0.621. The lowest BCUT2D eigenvalue weighted by Crippen LogP contribution is -2.37. The van der Waals surface area contributed by atoms with Gasteiger partial charge in [0.2, 0.25) is 11.8 Å². The maximum absolute atomic E-state index is 13.1. The van der Waals surface area contributed by atoms with Gasteiger partial charge >= 0.3 is 0 Å². The molecular formula is C23H31FN4O3. The number of nitrogens with zero attached hydrogens (tertiary/aromatic N) is 2. The number of ether oxygens (including phenoxy) is 1. The first-order chi connectivity index (χ1) is 15.0. The second kappa shape index (κ2) is 12.5. The van der Waals surface area contributed by atoms with Crippen molar-refractivity contribution in [3.8, 4) is 5.75 Å². The van der Waals surface area contributed by atoms with Crippen LogP contribution in [0.3, 0.4) is 0 Å². The third kappa shape index (κ3) is 7.88. The molecule has 1 saturated carbocycles. The zero-order valence-electron chi connectivity index (χ0n) is 18.4. The van der Waals surface area contributed by atoms with E-state index in [2.05, 4.69) is 34.3 Å². The third-order valence-electron chi connectivity index (χ3n) is 4.71. The van der Waals surface area contributed by atoms with Crippen LogP contribution < -0.4 is 15.4 Å². The van der Waals surface area contributed by atoms with E-state index in [1.54, 1.807) is 19.1 Å². The average molecular weight is 431 g/mol. The summed E-state index contributed by atoms with van der Waals surface area (Å²) in [4.78, 5) is 11.0. The van der Waals surface area contributed by atoms with Gasteiger partial charge in [-0.25, -0.2) is 4.39 Å². The summed E-state index contributed by atoms with van der Waals surface area (Å²) >= 11 is 0. The Labute approximate surface area is 182 Å². The Balaban J connectivity index is 0.000000221. The fourth-order valence-electron chi connectivity index (χ4n) is 2.90. The molecule has 1 amide bonds. The number of carbonyl (C=O) groups excluding carboxylic acids is 1. The Kier molecular flexibility index (Phi) is 9.74. The summed E-state index contributed by atoms with van der Waals surface area (Å²) < 4.78 is 23.7. The van der Waals surface area contributed by atoms with Crippen molar-refractivity contribution in [2.45, 2.75) is 58.4 Å². The van der Waals surface area contributed by atoms with Crippen LogP contribution in [-0.4, -0.2) is 28.8 Å². The highest BCUT2D eigenvalue weighted by Crippen LogP contribution is 2.36. The molecule has 1 aromatic heterocycles. The van der Waals surface area contributed by atoms with Crippen molar-refractivity contribution in [3.63, 3.8) is 0 Å². The van der Waals surface area contributed by atoms with E-state index in [-0.39, 0.29) is 18.3 Å². The van der Waals surface area contributed by atoms with Crippen LogP contribution in [0.5, 0.6) is 5.75 Å². The molecule has 8 heteroatoms. The SMILES string of the molecule is C/C=C\NC1CC(c2nnc(CCC)o2)C1.C=CNC(=O)COc1ccc(C)c(F)c1. The molecular weight excluding hydrogens is 399 g/mol. The van der Waals surface area contributed by atoms with E-state index >= 15 is 0 Å². The lowest BCUT2D eigenvalue weighted by Gasteiger charge is -2.32. The van der Waals surface area contributed by atoms with E-state index in [9.17, 15) is 9.18 Å². The number of halogens is 1. The summed E-state index contributed by atoms with van der Waals surface area (Å²) in [5, 5.41) is 13.8. The van der Waals surface area contributed by atoms with Crippen LogP contribution in [0.4, 0.5) is 4.39 Å². The highest BCUT2D eigenvalue weighted by Gasteiger charge is 2.33. The fourth-order valence-corrected chi connectivity index (χ4v) is 2.90. The topological polar surface area (TPSA) is 89.3 Å². The molecule has 2 N–H and O–H groups in total. The molecule has 0 unspecified atom stereocenters. The summed E-state index contributed by atoms with van der Waals surface area (Å²) in [6, 6.07) is 5.02. The van der Waals surface area contributed by atoms with Gasteiger partial charge in [0.25, 0.3) is 5.91 Å². The Morgan fingerprint density at radius 3 is 2.81 bits per heavy atom. The number of nitrogens with one attached hydrogen (secondary N) is 2. The predicted octanol–water partition coefficient (Wildman–Crippen LogP) is 4.16. The summed E-state index contributed by atoms with van der Waals surface area (Å²) in [5.74, 6) is 1.71. The fraction of sp³-hybridized carbons (Fsp3) is 0.435. The van der Waals surface area contributed by atoms with Gasteiger partial charge in [-0.1, -0.05) is 25.6 Å². The van der Waals surface area contributed by atoms with Gasteiger partial charge in [-0.15, -0.1) is 10.2 Å². The lowest BCUT2D eigenvalue weighted by molar-refractivity contribution is -0.122. The number of rotatable bonds is 9. The predicted molar refractivity (Wildman–Crippen MR) is 117 cm³/mol. The van der Waals surface area contributed by atoms with E-state index in [0.717, 1.165) is 37.5 Å². The second-order valence-electron chi connectivity index (χ2n) is 7.29. The Bertz CT molecular complexity index is 875. The summed E-state index contributed by atoms with van der Waals surface area (Å²) in [6.07, 6.45) is 9.41. The molecule has 168 valence electrons. The number of aromatic nitrogens is 2. The molecule has 1 heterocycles. The van der Waals surface area contributed by atoms with Crippen LogP contribution in [0.2, 0.25) is 0 Å². The second-order valence-corrected chi connectivity index (χ2v) is 7.29. The largest absolute Gasteiger partial charge is 0.484 e. The minimum Gasteiger partial charge on any atom is -0.484 e. The summed E-state index contributed by atoms with van der Waals surface area (Å²) in [5.41, 5.74) is 0.540. The molecule has 0 aliphatic heterocycles. The van der Waals surface area contributed by atoms with Gasteiger partial charge in [0.1, 0.15) is 11.6 Å². The van der Waals surface area contributed by atoms with Crippen molar-refractivity contribution < 1.29 is 18.3 Å². The van der Waals surface area contributed by atoms with E-state index in [1.807, 2.05) is 19.2 Å². The molecule has 31 heavy (non-hydrogen) atoms. The maximum Gasteiger partial charge on any atom is 0.261 e. The van der Waals surface area contributed by atoms with Crippen molar-refractivity contribution >= 4 is 5.91 Å². The van der Waals surface area contributed by atoms with Gasteiger partial charge in [0.15, 0.2) is 6.61 Å². The number of allylic oxidation sites excluding steroid dienone is 1. The number of hydrogen-bond acceptors (Lipinski definition) is 6. The van der Waals surface area contributed by atoms with Gasteiger partial charge in [0.05, 0.1) is 0 Å². The van der Waals surface area contributed by atoms with Crippen molar-refractivity contribution in [2.75, 3.05) is 6.61 Å². The first kappa shape index (κ1) is 24.1. The Morgan fingerprint density at radius 2 is 2.16 bits per heavy atom. The minimum atomic E-state index is -0.350. The van der Waals surface area contributed by atoms with Crippen LogP contribution in [0.25, 0.3) is 0 Å². The van der Waals surface area contributed by atoms with E-state index in [4.69, 9.17) is 9.15 Å². The lowest BCUT2D eigenvalue weighted by atomic mass is 9.80. The molecule has 0 saturated heterocycles. The van der Waals surface area contributed by atoms with Crippen LogP contribution in [0, 0.1) is 12.7 Å². The van der Waals surface area contributed by atoms with Crippen LogP contribution in [0.15, 0.2) is 47.7 Å². The van der Waals surface area contributed by atoms with Crippen molar-refractivity contribution in [2.24, 2.45) is 0 Å². The van der Waals surface area contributed by atoms with Crippen molar-refractivity contribution in [1.29, 1.82) is 0 Å². The molecule has 0 atom stereocenters. The van der Waals surface area contributed by atoms with E-state index in [1.165, 1.54) is 12.3 Å². The minimum absolute atomic E-state index is 0.158. The molecule has 7 nitrogen and oxygen atoms in total. The smallest absolute Gasteiger partial charge is 0.261 e. The summed E-state index contributed by atoms with van der Waals surface area (Å²) in [7, 11) is 0. The molecule has 1 fully saturated rings. The van der Waals surface area contributed by atoms with Gasteiger partial charge in [-0.2, -0.15) is 0 Å². The zero-order valence-corrected chi connectivity index (χ0v) is 18.4. The molecule has 2 aromatic rings. The molecule has 0 radical (unpaired) electrons. The highest BCUT2D eigenvalue weighted by molar-refractivity contribution is 5.78. The van der Waals surface area contributed by atoms with Crippen LogP contribution in [-0.2, 0) is 11.2 Å². The van der Waals surface area contributed by atoms with Crippen molar-refractivity contribution in [3.05, 3.63) is 66.4 Å². The molecule has 1 aromatic carbocycles. The van der Waals surface area contributed by atoms with Gasteiger partial charge < -0.3 is 19.8 Å². The van der Waals surface area contributed by atoms with E-state index < -0.39 is 0 Å². The standard InChI is InChI=1S/C12H19N3O.C11H12FNO2/c1-3-5-11-14-15-12(16-11)9-7-10(8-9)13-6-4-2;1-3-13-11(14)7-15-9-5-4-8(2)10(12)6-9/h4,6,9-10,13H,3,5,7-8H2,1-2H3;3-6H,1,7H2,2H3,(H,13,14)/b6-4-;. The molecule has 1 aliphatic carbocycles. The highest BCUT2D eigenvalue weighted by atomic mass is 19.1. The van der Waals surface area contributed by atoms with Crippen molar-refractivity contribution in [1.82, 2.24) is 20.8 Å². The number of amides is 1. The van der Waals surface area contributed by atoms with Gasteiger partial charge in [-0.05, 0) is 57.1 Å². The van der Waals surface area contributed by atoms with Crippen LogP contribution in [0.1, 0.15) is 56.4 Å². The zero-order chi connectivity index (χ0) is 22.6. The monoisotopic (exact) mass is 430 g/mol. The number of aryl methyl sites for hydroxylation is 2. The molecule has 0 bridgehead atoms. The third-order valence-corrected chi connectivity index (χ3v) is 4.71. The van der Waals surface area contributed by atoms with Crippen LogP contribution >= 0.6 is 0 Å².